The van der Waals surface area contributed by atoms with Gasteiger partial charge in [-0.3, -0.25) is 4.79 Å². The highest BCUT2D eigenvalue weighted by molar-refractivity contribution is 6.33. The summed E-state index contributed by atoms with van der Waals surface area (Å²) in [4.78, 5) is 26.0. The van der Waals surface area contributed by atoms with Crippen LogP contribution < -0.4 is 4.90 Å². The van der Waals surface area contributed by atoms with Gasteiger partial charge in [-0.15, -0.1) is 0 Å². The maximum Gasteiger partial charge on any atom is 0.408 e. The summed E-state index contributed by atoms with van der Waals surface area (Å²) in [7, 11) is 0. The Kier molecular flexibility index (Phi) is 5.53. The molecule has 1 aromatic carbocycles. The Bertz CT molecular complexity index is 800. The molecule has 3 rings (SSSR count). The van der Waals surface area contributed by atoms with Gasteiger partial charge in [0.05, 0.1) is 37.0 Å². The van der Waals surface area contributed by atoms with E-state index in [1.54, 1.807) is 11.8 Å². The smallest absolute Gasteiger partial charge is 0.358 e. The summed E-state index contributed by atoms with van der Waals surface area (Å²) in [5, 5.41) is 14.7. The van der Waals surface area contributed by atoms with E-state index in [0.717, 1.165) is 19.6 Å². The molecule has 0 atom stereocenters. The minimum atomic E-state index is -0.637. The summed E-state index contributed by atoms with van der Waals surface area (Å²) in [6.45, 7) is 5.61. The highest BCUT2D eigenvalue weighted by atomic mass is 35.5. The second kappa shape index (κ2) is 7.84. The van der Waals surface area contributed by atoms with Crippen molar-refractivity contribution in [2.75, 3.05) is 26.2 Å². The molecule has 8 nitrogen and oxygen atoms in total. The number of benzene rings is 1. The van der Waals surface area contributed by atoms with E-state index in [1.165, 1.54) is 15.1 Å². The summed E-state index contributed by atoms with van der Waals surface area (Å²) in [5.74, 6) is -0.505. The molecule has 1 aromatic heterocycles. The first-order chi connectivity index (χ1) is 12.5. The van der Waals surface area contributed by atoms with Crippen molar-refractivity contribution in [3.8, 4) is 0 Å². The second-order valence-electron chi connectivity index (χ2n) is 6.43. The number of nitrogens with one attached hydrogen (secondary N) is 1. The first kappa shape index (κ1) is 18.3. The molecule has 0 radical (unpaired) electrons. The molecule has 0 spiro atoms. The zero-order valence-electron chi connectivity index (χ0n) is 14.5. The van der Waals surface area contributed by atoms with Crippen LogP contribution in [0, 0.1) is 17.0 Å². The predicted molar refractivity (Wildman–Crippen MR) is 96.1 cm³/mol. The van der Waals surface area contributed by atoms with Crippen LogP contribution in [0.4, 0.5) is 5.82 Å². The number of piperazine rings is 1. The van der Waals surface area contributed by atoms with Gasteiger partial charge in [0.1, 0.15) is 13.1 Å². The Morgan fingerprint density at radius 3 is 2.54 bits per heavy atom. The molecule has 0 bridgehead atoms. The Morgan fingerprint density at radius 2 is 1.96 bits per heavy atom. The van der Waals surface area contributed by atoms with Gasteiger partial charge < -0.3 is 19.9 Å². The van der Waals surface area contributed by atoms with E-state index in [9.17, 15) is 14.9 Å². The van der Waals surface area contributed by atoms with Gasteiger partial charge in [-0.1, -0.05) is 41.9 Å². The van der Waals surface area contributed by atoms with Crippen molar-refractivity contribution in [3.63, 3.8) is 0 Å². The zero-order chi connectivity index (χ0) is 18.7. The summed E-state index contributed by atoms with van der Waals surface area (Å²) in [6.07, 6.45) is 0. The van der Waals surface area contributed by atoms with Gasteiger partial charge >= 0.3 is 5.82 Å². The fourth-order valence-electron chi connectivity index (χ4n) is 3.14. The topological polar surface area (TPSA) is 85.7 Å². The number of carbonyl (C=O) groups excluding carboxylic acids is 1. The third-order valence-corrected chi connectivity index (χ3v) is 5.14. The van der Waals surface area contributed by atoms with Crippen LogP contribution in [0.15, 0.2) is 30.3 Å². The largest absolute Gasteiger partial charge is 0.408 e. The fraction of sp³-hybridized carbons (Fsp3) is 0.412. The third-order valence-electron chi connectivity index (χ3n) is 4.69. The lowest BCUT2D eigenvalue weighted by atomic mass is 10.2. The van der Waals surface area contributed by atoms with Crippen molar-refractivity contribution in [1.29, 1.82) is 0 Å². The minimum absolute atomic E-state index is 0.0140. The van der Waals surface area contributed by atoms with E-state index >= 15 is 0 Å². The van der Waals surface area contributed by atoms with Crippen LogP contribution >= 0.6 is 11.6 Å². The molecule has 1 amide bonds. The number of quaternary nitrogens is 1. The molecule has 2 aromatic rings. The SMILES string of the molecule is Cc1c(Cl)c([N+](=O)[O-])nn1CC(=O)N1CC[NH+](Cc2ccccc2)CC1. The van der Waals surface area contributed by atoms with Crippen LogP contribution in [0.3, 0.4) is 0 Å². The van der Waals surface area contributed by atoms with Gasteiger partial charge in [-0.05, 0) is 11.8 Å². The van der Waals surface area contributed by atoms with Crippen LogP contribution in [0.2, 0.25) is 5.02 Å². The van der Waals surface area contributed by atoms with Gasteiger partial charge in [0.15, 0.2) is 5.02 Å². The lowest BCUT2D eigenvalue weighted by molar-refractivity contribution is -0.917. The normalized spacial score (nSPS) is 15.2. The van der Waals surface area contributed by atoms with E-state index in [4.69, 9.17) is 11.6 Å². The van der Waals surface area contributed by atoms with Gasteiger partial charge in [-0.25, -0.2) is 0 Å². The minimum Gasteiger partial charge on any atom is -0.358 e. The number of halogens is 1. The third kappa shape index (κ3) is 4.03. The van der Waals surface area contributed by atoms with Crippen molar-refractivity contribution in [2.24, 2.45) is 0 Å². The summed E-state index contributed by atoms with van der Waals surface area (Å²) in [5.41, 5.74) is 1.72. The second-order valence-corrected chi connectivity index (χ2v) is 6.81. The number of aromatic nitrogens is 2. The summed E-state index contributed by atoms with van der Waals surface area (Å²) in [6, 6.07) is 10.3. The molecular weight excluding hydrogens is 358 g/mol. The number of nitrogens with zero attached hydrogens (tertiary/aromatic N) is 4. The molecule has 1 aliphatic rings. The number of hydrogen-bond acceptors (Lipinski definition) is 4. The number of amides is 1. The maximum atomic E-state index is 12.5. The quantitative estimate of drug-likeness (QED) is 0.612. The van der Waals surface area contributed by atoms with E-state index in [1.807, 2.05) is 18.2 Å². The van der Waals surface area contributed by atoms with Crippen LogP contribution in [0.5, 0.6) is 0 Å². The first-order valence-electron chi connectivity index (χ1n) is 8.48. The van der Waals surface area contributed by atoms with Crippen LogP contribution in [0.1, 0.15) is 11.3 Å². The molecule has 26 heavy (non-hydrogen) atoms. The predicted octanol–water partition coefficient (Wildman–Crippen LogP) is 0.680. The zero-order valence-corrected chi connectivity index (χ0v) is 15.3. The van der Waals surface area contributed by atoms with Gasteiger partial charge in [-0.2, -0.15) is 4.68 Å². The summed E-state index contributed by atoms with van der Waals surface area (Å²) >= 11 is 5.92. The molecule has 138 valence electrons. The molecular formula is C17H21ClN5O3+. The van der Waals surface area contributed by atoms with Gasteiger partial charge in [0, 0.05) is 5.56 Å². The molecule has 1 fully saturated rings. The van der Waals surface area contributed by atoms with Crippen LogP contribution in [0.25, 0.3) is 0 Å². The van der Waals surface area contributed by atoms with Crippen molar-refractivity contribution >= 4 is 23.3 Å². The van der Waals surface area contributed by atoms with E-state index in [0.29, 0.717) is 18.8 Å². The molecule has 1 saturated heterocycles. The molecule has 2 heterocycles. The average Bonchev–Trinajstić information content (AvgIpc) is 2.92. The highest BCUT2D eigenvalue weighted by Gasteiger charge is 2.28. The lowest BCUT2D eigenvalue weighted by Gasteiger charge is -2.32. The Balaban J connectivity index is 1.56. The molecule has 1 N–H and O–H groups in total. The van der Waals surface area contributed by atoms with Crippen molar-refractivity contribution in [1.82, 2.24) is 14.7 Å². The Hall–Kier alpha value is -2.45. The number of rotatable bonds is 5. The van der Waals surface area contributed by atoms with Crippen molar-refractivity contribution in [2.45, 2.75) is 20.0 Å². The van der Waals surface area contributed by atoms with Crippen LogP contribution in [-0.2, 0) is 17.9 Å². The van der Waals surface area contributed by atoms with E-state index in [-0.39, 0.29) is 17.5 Å². The number of nitro groups is 1. The maximum absolute atomic E-state index is 12.5. The molecule has 1 aliphatic heterocycles. The van der Waals surface area contributed by atoms with Crippen molar-refractivity contribution in [3.05, 3.63) is 56.7 Å². The fourth-order valence-corrected chi connectivity index (χ4v) is 3.35. The van der Waals surface area contributed by atoms with Gasteiger partial charge in [0.2, 0.25) is 5.91 Å². The standard InChI is InChI=1S/C17H20ClN5O3/c1-13-16(18)17(23(25)26)19-22(13)12-15(24)21-9-7-20(8-10-21)11-14-5-3-2-4-6-14/h2-6H,7-12H2,1H3/p+1. The first-order valence-corrected chi connectivity index (χ1v) is 8.86. The monoisotopic (exact) mass is 378 g/mol. The summed E-state index contributed by atoms with van der Waals surface area (Å²) < 4.78 is 1.31. The molecule has 0 unspecified atom stereocenters. The van der Waals surface area contributed by atoms with Crippen molar-refractivity contribution < 1.29 is 14.6 Å². The molecule has 0 saturated carbocycles. The number of carbonyl (C=O) groups is 1. The average molecular weight is 379 g/mol. The Morgan fingerprint density at radius 1 is 1.31 bits per heavy atom. The van der Waals surface area contributed by atoms with E-state index < -0.39 is 10.7 Å². The van der Waals surface area contributed by atoms with Gasteiger partial charge in [0.25, 0.3) is 0 Å². The molecule has 0 aliphatic carbocycles. The molecule has 9 heteroatoms. The van der Waals surface area contributed by atoms with E-state index in [2.05, 4.69) is 17.2 Å². The Labute approximate surface area is 156 Å². The highest BCUT2D eigenvalue weighted by Crippen LogP contribution is 2.26. The lowest BCUT2D eigenvalue weighted by Crippen LogP contribution is -3.13. The van der Waals surface area contributed by atoms with Crippen LogP contribution in [-0.4, -0.2) is 51.7 Å². The number of hydrogen-bond donors (Lipinski definition) is 1.